The van der Waals surface area contributed by atoms with Gasteiger partial charge in [0.15, 0.2) is 0 Å². The summed E-state index contributed by atoms with van der Waals surface area (Å²) in [5, 5.41) is 1.53. The van der Waals surface area contributed by atoms with E-state index >= 15 is 0 Å². The van der Waals surface area contributed by atoms with Gasteiger partial charge in [0.05, 0.1) is 0 Å². The van der Waals surface area contributed by atoms with E-state index in [0.717, 1.165) is 39.4 Å². The third kappa shape index (κ3) is 18.2. The molecule has 0 heterocycles. The van der Waals surface area contributed by atoms with Crippen LogP contribution in [0.5, 0.6) is 0 Å². The zero-order valence-corrected chi connectivity index (χ0v) is 31.6. The van der Waals surface area contributed by atoms with E-state index in [2.05, 4.69) is 67.5 Å². The Balaban J connectivity index is 0. The topological polar surface area (TPSA) is 0 Å². The van der Waals surface area contributed by atoms with Crippen molar-refractivity contribution in [3.05, 3.63) is 107 Å². The number of benzene rings is 2. The van der Waals surface area contributed by atoms with Crippen LogP contribution in [-0.2, 0) is 24.2 Å². The fourth-order valence-electron chi connectivity index (χ4n) is 4.65. The molecule has 5 heteroatoms. The molecule has 41 heavy (non-hydrogen) atoms. The summed E-state index contributed by atoms with van der Waals surface area (Å²) in [4.78, 5) is 0. The van der Waals surface area contributed by atoms with Crippen LogP contribution in [0.25, 0.3) is 0 Å². The zero-order chi connectivity index (χ0) is 29.5. The van der Waals surface area contributed by atoms with Gasteiger partial charge in [-0.25, -0.2) is 12.1 Å². The summed E-state index contributed by atoms with van der Waals surface area (Å²) >= 11 is 13.3. The second-order valence-electron chi connectivity index (χ2n) is 12.5. The van der Waals surface area contributed by atoms with Crippen LogP contribution in [0.2, 0.25) is 10.0 Å². The standard InChI is InChI=1S/C18H37.C13H8Cl2.C5H5.2ClH.Zr/c1-9-11-12-16(18(6,7)8)14-13-15(10-2)17(3,4)5;14-12-5-1-3-10(8-12)7-11-4-2-6-13(15)9-11;1-2-4-5-3-1;;;/h15-16H,2,9-14H2,1,3-8H3;1-6,8-9H;1-5H;2*1H;/q-1;;-1;;;+2/p-2. The van der Waals surface area contributed by atoms with Crippen LogP contribution in [0, 0.1) is 29.6 Å². The van der Waals surface area contributed by atoms with E-state index in [9.17, 15) is 0 Å². The van der Waals surface area contributed by atoms with Crippen molar-refractivity contribution in [3.8, 4) is 0 Å². The Hall–Kier alpha value is -0.297. The minimum Gasteiger partial charge on any atom is -1.00 e. The molecule has 0 aliphatic carbocycles. The summed E-state index contributed by atoms with van der Waals surface area (Å²) in [6.07, 6.45) is 7.90. The molecule has 0 saturated carbocycles. The van der Waals surface area contributed by atoms with Crippen molar-refractivity contribution < 1.29 is 49.0 Å². The monoisotopic (exact) mass is 712 g/mol. The molecule has 0 radical (unpaired) electrons. The van der Waals surface area contributed by atoms with Crippen molar-refractivity contribution >= 4 is 26.4 Å². The Morgan fingerprint density at radius 2 is 1.20 bits per heavy atom. The van der Waals surface area contributed by atoms with E-state index in [1.807, 2.05) is 66.7 Å². The first-order valence-electron chi connectivity index (χ1n) is 14.4. The molecule has 0 aliphatic rings. The number of unbranched alkanes of at least 4 members (excludes halogenated alkanes) is 1. The molecule has 228 valence electrons. The minimum absolute atomic E-state index is 0. The molecule has 2 atom stereocenters. The molecular weight excluding hydrogens is 665 g/mol. The first kappa shape index (κ1) is 42.8. The van der Waals surface area contributed by atoms with E-state index in [4.69, 9.17) is 23.2 Å². The van der Waals surface area contributed by atoms with Crippen molar-refractivity contribution in [3.63, 3.8) is 0 Å². The molecule has 0 N–H and O–H groups in total. The zero-order valence-electron chi connectivity index (χ0n) is 26.1. The summed E-state index contributed by atoms with van der Waals surface area (Å²) < 4.78 is 1.26. The first-order chi connectivity index (χ1) is 18.3. The first-order valence-corrected chi connectivity index (χ1v) is 16.3. The number of rotatable bonds is 9. The molecule has 0 aliphatic heterocycles. The number of halogens is 4. The molecular formula is C36H50Cl4Zr-2. The molecule has 0 fully saturated rings. The Bertz CT molecular complexity index is 997. The molecule has 2 unspecified atom stereocenters. The smallest absolute Gasteiger partial charge is 0.0354 e. The number of hydrogen-bond acceptors (Lipinski definition) is 0. The molecule has 0 nitrogen and oxygen atoms in total. The van der Waals surface area contributed by atoms with Crippen LogP contribution in [0.4, 0.5) is 0 Å². The van der Waals surface area contributed by atoms with E-state index in [1.165, 1.54) is 59.5 Å². The number of hydrogen-bond donors (Lipinski definition) is 0. The maximum absolute atomic E-state index is 5.98. The summed E-state index contributed by atoms with van der Waals surface area (Å²) in [6, 6.07) is 25.8. The van der Waals surface area contributed by atoms with Gasteiger partial charge in [-0.05, 0) is 29.6 Å². The van der Waals surface area contributed by atoms with Gasteiger partial charge in [0.2, 0.25) is 0 Å². The minimum atomic E-state index is 0. The third-order valence-electron chi connectivity index (χ3n) is 7.35. The summed E-state index contributed by atoms with van der Waals surface area (Å²) in [5.41, 5.74) is 3.19. The predicted octanol–water partition coefficient (Wildman–Crippen LogP) is 6.03. The SMILES string of the molecule is Clc1cccc([C](=[Zr+2])c2cccc(Cl)c2)c1.[CH2-]CC(CCC(CCCC)C(C)(C)C)C(C)(C)C.[Cl-].[Cl-].c1cc[cH-]c1. The van der Waals surface area contributed by atoms with Gasteiger partial charge >= 0.3 is 120 Å². The Morgan fingerprint density at radius 3 is 1.51 bits per heavy atom. The van der Waals surface area contributed by atoms with Crippen molar-refractivity contribution in [2.75, 3.05) is 0 Å². The van der Waals surface area contributed by atoms with Crippen molar-refractivity contribution in [2.45, 2.75) is 87.0 Å². The van der Waals surface area contributed by atoms with Crippen LogP contribution in [0.1, 0.15) is 98.1 Å². The third-order valence-corrected chi connectivity index (χ3v) is 9.24. The van der Waals surface area contributed by atoms with Gasteiger partial charge in [-0.1, -0.05) is 73.6 Å². The summed E-state index contributed by atoms with van der Waals surface area (Å²) in [5.74, 6) is 1.64. The summed E-state index contributed by atoms with van der Waals surface area (Å²) in [7, 11) is 0. The predicted molar refractivity (Wildman–Crippen MR) is 173 cm³/mol. The maximum atomic E-state index is 5.98. The van der Waals surface area contributed by atoms with E-state index in [-0.39, 0.29) is 24.8 Å². The van der Waals surface area contributed by atoms with Crippen LogP contribution in [-0.4, -0.2) is 3.21 Å². The maximum Gasteiger partial charge on any atom is -0.0354 e. The van der Waals surface area contributed by atoms with Gasteiger partial charge in [-0.2, -0.15) is 24.6 Å². The van der Waals surface area contributed by atoms with Crippen LogP contribution < -0.4 is 24.8 Å². The molecule has 3 aromatic rings. The summed E-state index contributed by atoms with van der Waals surface area (Å²) in [6.45, 7) is 20.8. The normalized spacial score (nSPS) is 12.3. The average molecular weight is 716 g/mol. The van der Waals surface area contributed by atoms with Crippen LogP contribution in [0.15, 0.2) is 78.9 Å². The van der Waals surface area contributed by atoms with Gasteiger partial charge in [0.25, 0.3) is 0 Å². The molecule has 3 rings (SSSR count). The van der Waals surface area contributed by atoms with Gasteiger partial charge < -0.3 is 31.7 Å². The fourth-order valence-corrected chi connectivity index (χ4v) is 5.79. The second-order valence-corrected chi connectivity index (χ2v) is 14.6. The van der Waals surface area contributed by atoms with E-state index in [1.54, 1.807) is 0 Å². The molecule has 0 amide bonds. The Kier molecular flexibility index (Phi) is 23.2. The fraction of sp³-hybridized carbons (Fsp3) is 0.472. The van der Waals surface area contributed by atoms with Gasteiger partial charge in [0.1, 0.15) is 0 Å². The molecule has 0 saturated heterocycles. The van der Waals surface area contributed by atoms with Crippen molar-refractivity contribution in [2.24, 2.45) is 22.7 Å². The molecule has 3 aromatic carbocycles. The van der Waals surface area contributed by atoms with E-state index in [0.29, 0.717) is 10.8 Å². The van der Waals surface area contributed by atoms with Crippen LogP contribution >= 0.6 is 23.2 Å². The average Bonchev–Trinajstić information content (AvgIpc) is 3.45. The molecule has 0 aromatic heterocycles. The molecule has 0 spiro atoms. The Morgan fingerprint density at radius 1 is 0.756 bits per heavy atom. The quantitative estimate of drug-likeness (QED) is 0.238. The van der Waals surface area contributed by atoms with Crippen LogP contribution in [0.3, 0.4) is 0 Å². The molecule has 0 bridgehead atoms. The van der Waals surface area contributed by atoms with Crippen molar-refractivity contribution in [1.82, 2.24) is 0 Å². The second kappa shape index (κ2) is 22.2. The largest absolute Gasteiger partial charge is 1.00 e. The van der Waals surface area contributed by atoms with Gasteiger partial charge in [0, 0.05) is 0 Å². The van der Waals surface area contributed by atoms with E-state index < -0.39 is 0 Å². The van der Waals surface area contributed by atoms with Gasteiger partial charge in [-0.3, -0.25) is 0 Å². The van der Waals surface area contributed by atoms with Crippen molar-refractivity contribution in [1.29, 1.82) is 0 Å². The Labute approximate surface area is 289 Å². The van der Waals surface area contributed by atoms with Gasteiger partial charge in [-0.15, -0.1) is 0 Å².